The van der Waals surface area contributed by atoms with Gasteiger partial charge >= 0.3 is 18.3 Å². The van der Waals surface area contributed by atoms with E-state index >= 15 is 0 Å². The topological polar surface area (TPSA) is 114 Å². The highest BCUT2D eigenvalue weighted by molar-refractivity contribution is 6.31. The van der Waals surface area contributed by atoms with Gasteiger partial charge in [-0.3, -0.25) is 4.79 Å². The van der Waals surface area contributed by atoms with Crippen molar-refractivity contribution in [1.82, 2.24) is 15.3 Å². The molecule has 3 heterocycles. The average molecular weight is 664 g/mol. The van der Waals surface area contributed by atoms with Crippen molar-refractivity contribution in [1.29, 1.82) is 0 Å². The second-order valence-electron chi connectivity index (χ2n) is 10.9. The van der Waals surface area contributed by atoms with Crippen molar-refractivity contribution in [2.45, 2.75) is 43.8 Å². The van der Waals surface area contributed by atoms with Crippen molar-refractivity contribution in [3.8, 4) is 17.0 Å². The number of carboxylic acid groups (broad SMARTS) is 1. The van der Waals surface area contributed by atoms with Gasteiger partial charge in [-0.1, -0.05) is 29.3 Å². The van der Waals surface area contributed by atoms with E-state index in [1.54, 1.807) is 4.90 Å². The predicted octanol–water partition coefficient (Wildman–Crippen LogP) is 6.77. The number of rotatable bonds is 6. The van der Waals surface area contributed by atoms with Crippen molar-refractivity contribution in [2.75, 3.05) is 30.3 Å². The Morgan fingerprint density at radius 2 is 1.75 bits per heavy atom. The smallest absolute Gasteiger partial charge is 0.429 e. The van der Waals surface area contributed by atoms with Gasteiger partial charge in [-0.15, -0.1) is 0 Å². The summed E-state index contributed by atoms with van der Waals surface area (Å²) in [6.45, 7) is 1.40. The second-order valence-corrected chi connectivity index (χ2v) is 11.8. The molecule has 0 radical (unpaired) electrons. The summed E-state index contributed by atoms with van der Waals surface area (Å²) in [6, 6.07) is 6.28. The summed E-state index contributed by atoms with van der Waals surface area (Å²) >= 11 is 12.0. The Hall–Kier alpha value is -3.49. The predicted molar refractivity (Wildman–Crippen MR) is 151 cm³/mol. The molecule has 2 aliphatic rings. The third-order valence-corrected chi connectivity index (χ3v) is 8.34. The van der Waals surface area contributed by atoms with E-state index in [1.165, 1.54) is 6.07 Å². The molecule has 5 rings (SSSR count). The molecule has 1 spiro atoms. The molecule has 0 aliphatic carbocycles. The Labute approximate surface area is 257 Å². The Bertz CT molecular complexity index is 1560. The number of carbonyl (C=O) groups is 1. The number of hydrogen-bond acceptors (Lipinski definition) is 7. The number of halogens is 8. The third kappa shape index (κ3) is 6.92. The Balaban J connectivity index is 1.45. The van der Waals surface area contributed by atoms with Gasteiger partial charge in [0, 0.05) is 41.3 Å². The van der Waals surface area contributed by atoms with Crippen molar-refractivity contribution in [2.24, 2.45) is 5.41 Å². The van der Waals surface area contributed by atoms with Crippen molar-refractivity contribution >= 4 is 40.9 Å². The van der Waals surface area contributed by atoms with Crippen LogP contribution in [0, 0.1) is 5.41 Å². The number of hydrogen-bond donors (Lipinski definition) is 3. The summed E-state index contributed by atoms with van der Waals surface area (Å²) in [7, 11) is 0. The monoisotopic (exact) mass is 663 g/mol. The lowest BCUT2D eigenvalue weighted by molar-refractivity contribution is -0.198. The zero-order valence-corrected chi connectivity index (χ0v) is 24.2. The largest absolute Gasteiger partial charge is 0.480 e. The van der Waals surface area contributed by atoms with Crippen molar-refractivity contribution in [3.63, 3.8) is 0 Å². The number of nitrogens with two attached hydrogens (primary N) is 1. The maximum atomic E-state index is 14.6. The van der Waals surface area contributed by atoms with Gasteiger partial charge in [0.25, 0.3) is 0 Å². The fourth-order valence-electron chi connectivity index (χ4n) is 5.68. The van der Waals surface area contributed by atoms with Gasteiger partial charge < -0.3 is 25.8 Å². The van der Waals surface area contributed by atoms with E-state index in [-0.39, 0.29) is 38.4 Å². The number of nitrogens with one attached hydrogen (secondary N) is 1. The summed E-state index contributed by atoms with van der Waals surface area (Å²) in [4.78, 5) is 21.2. The van der Waals surface area contributed by atoms with E-state index in [9.17, 15) is 36.2 Å². The van der Waals surface area contributed by atoms with Crippen LogP contribution in [0.3, 0.4) is 0 Å². The van der Waals surface area contributed by atoms with Crippen LogP contribution in [0.2, 0.25) is 10.0 Å². The van der Waals surface area contributed by atoms with Gasteiger partial charge in [-0.2, -0.15) is 36.3 Å². The van der Waals surface area contributed by atoms with E-state index in [2.05, 4.69) is 15.3 Å². The standard InChI is InChI=1S/C28H25Cl2F6N5O3/c29-16-1-2-18(19(10-16)14-7-15(27(31,32)33)9-17(30)8-14)23(28(34,35)36)44-22-11-21(39-25(37)40-22)41-5-3-26(4-6-41)12-20(24(42)43)38-13-26/h1-2,7-11,20,23,38H,3-6,12-13H2,(H,42,43)(H2,37,39,40)/t20?,23-/m1/s1. The number of carboxylic acids is 1. The number of aromatic nitrogens is 2. The summed E-state index contributed by atoms with van der Waals surface area (Å²) in [6.07, 6.45) is -10.9. The van der Waals surface area contributed by atoms with Crippen LogP contribution in [-0.2, 0) is 11.0 Å². The average Bonchev–Trinajstić information content (AvgIpc) is 3.34. The highest BCUT2D eigenvalue weighted by atomic mass is 35.5. The van der Waals surface area contributed by atoms with Crippen molar-refractivity contribution in [3.05, 3.63) is 63.6 Å². The summed E-state index contributed by atoms with van der Waals surface area (Å²) in [5.41, 5.74) is 3.41. The number of ether oxygens (including phenoxy) is 1. The quantitative estimate of drug-likeness (QED) is 0.248. The van der Waals surface area contributed by atoms with Crippen LogP contribution < -0.4 is 20.7 Å². The molecule has 0 bridgehead atoms. The van der Waals surface area contributed by atoms with E-state index in [4.69, 9.17) is 33.7 Å². The van der Waals surface area contributed by atoms with Crippen molar-refractivity contribution < 1.29 is 41.0 Å². The fourth-order valence-corrected chi connectivity index (χ4v) is 6.09. The summed E-state index contributed by atoms with van der Waals surface area (Å²) < 4.78 is 89.5. The Morgan fingerprint density at radius 1 is 1.05 bits per heavy atom. The number of alkyl halides is 6. The first-order chi connectivity index (χ1) is 20.5. The maximum absolute atomic E-state index is 14.6. The number of aliphatic carboxylic acids is 1. The lowest BCUT2D eigenvalue weighted by Crippen LogP contribution is -2.41. The van der Waals surface area contributed by atoms with Gasteiger partial charge in [-0.05, 0) is 66.1 Å². The molecule has 2 aliphatic heterocycles. The SMILES string of the molecule is Nc1nc(O[C@H](c2ccc(Cl)cc2-c2cc(Cl)cc(C(F)(F)F)c2)C(F)(F)F)cc(N2CCC3(CC2)CNC(C(=O)O)C3)n1. The molecule has 3 aromatic rings. The Morgan fingerprint density at radius 3 is 2.36 bits per heavy atom. The van der Waals surface area contributed by atoms with Crippen LogP contribution in [0.25, 0.3) is 11.1 Å². The first kappa shape index (κ1) is 31.9. The van der Waals surface area contributed by atoms with E-state index < -0.39 is 47.5 Å². The number of nitrogen functional groups attached to an aromatic ring is 1. The molecule has 1 unspecified atom stereocenters. The zero-order valence-electron chi connectivity index (χ0n) is 22.6. The zero-order chi connectivity index (χ0) is 32.0. The Kier molecular flexibility index (Phi) is 8.55. The minimum atomic E-state index is -5.05. The molecule has 8 nitrogen and oxygen atoms in total. The molecular formula is C28H25Cl2F6N5O3. The molecule has 236 valence electrons. The van der Waals surface area contributed by atoms with Gasteiger partial charge in [0.2, 0.25) is 17.9 Å². The molecule has 0 saturated carbocycles. The molecule has 2 aromatic carbocycles. The first-order valence-corrected chi connectivity index (χ1v) is 14.1. The second kappa shape index (κ2) is 11.8. The molecule has 4 N–H and O–H groups in total. The van der Waals surface area contributed by atoms with Crippen LogP contribution in [0.1, 0.15) is 36.5 Å². The first-order valence-electron chi connectivity index (χ1n) is 13.3. The molecule has 16 heteroatoms. The third-order valence-electron chi connectivity index (χ3n) is 7.88. The number of benzene rings is 2. The summed E-state index contributed by atoms with van der Waals surface area (Å²) in [5, 5.41) is 12.0. The van der Waals surface area contributed by atoms with Crippen LogP contribution in [0.5, 0.6) is 5.88 Å². The van der Waals surface area contributed by atoms with E-state index in [1.807, 2.05) is 0 Å². The van der Waals surface area contributed by atoms with Crippen LogP contribution in [0.15, 0.2) is 42.5 Å². The number of anilines is 2. The minimum absolute atomic E-state index is 0.0261. The molecule has 2 saturated heterocycles. The van der Waals surface area contributed by atoms with Gasteiger partial charge in [0.1, 0.15) is 11.9 Å². The van der Waals surface area contributed by atoms with Crippen LogP contribution >= 0.6 is 23.2 Å². The van der Waals surface area contributed by atoms with Crippen LogP contribution in [0.4, 0.5) is 38.1 Å². The highest BCUT2D eigenvalue weighted by Crippen LogP contribution is 2.44. The molecule has 0 amide bonds. The van der Waals surface area contributed by atoms with Gasteiger partial charge in [0.15, 0.2) is 0 Å². The highest BCUT2D eigenvalue weighted by Gasteiger charge is 2.46. The normalized spacial score (nSPS) is 19.3. The maximum Gasteiger partial charge on any atom is 0.429 e. The minimum Gasteiger partial charge on any atom is -0.480 e. The molecule has 2 atom stereocenters. The lowest BCUT2D eigenvalue weighted by atomic mass is 9.76. The lowest BCUT2D eigenvalue weighted by Gasteiger charge is -2.39. The van der Waals surface area contributed by atoms with E-state index in [0.29, 0.717) is 51.0 Å². The molecular weight excluding hydrogens is 639 g/mol. The summed E-state index contributed by atoms with van der Waals surface area (Å²) in [5.74, 6) is -1.57. The number of piperidine rings is 1. The molecule has 44 heavy (non-hydrogen) atoms. The fraction of sp³-hybridized carbons (Fsp3) is 0.393. The van der Waals surface area contributed by atoms with Gasteiger partial charge in [-0.25, -0.2) is 0 Å². The molecule has 2 fully saturated rings. The molecule has 1 aromatic heterocycles. The van der Waals surface area contributed by atoms with Gasteiger partial charge in [0.05, 0.1) is 5.56 Å². The van der Waals surface area contributed by atoms with Crippen LogP contribution in [-0.4, -0.2) is 52.9 Å². The van der Waals surface area contributed by atoms with E-state index in [0.717, 1.165) is 24.3 Å². The number of nitrogens with zero attached hydrogens (tertiary/aromatic N) is 3.